The third kappa shape index (κ3) is 6.81. The summed E-state index contributed by atoms with van der Waals surface area (Å²) in [7, 11) is -4.66. The van der Waals surface area contributed by atoms with Crippen LogP contribution < -0.4 is 0 Å². The van der Waals surface area contributed by atoms with Crippen molar-refractivity contribution in [1.29, 1.82) is 0 Å². The predicted octanol–water partition coefficient (Wildman–Crippen LogP) is 3.49. The monoisotopic (exact) mass is 401 g/mol. The zero-order valence-corrected chi connectivity index (χ0v) is 16.7. The number of benzene rings is 1. The molecule has 2 N–H and O–H groups in total. The highest BCUT2D eigenvalue weighted by molar-refractivity contribution is 7.80. The van der Waals surface area contributed by atoms with Gasteiger partial charge in [0.05, 0.1) is 6.54 Å². The van der Waals surface area contributed by atoms with Gasteiger partial charge < -0.3 is 15.0 Å². The molecule has 0 bridgehead atoms. The Labute approximate surface area is 162 Å². The highest BCUT2D eigenvalue weighted by Crippen LogP contribution is 2.34. The standard InChI is InChI=1S/C19H31NO6S/c1-2-3-4-5-6-7-11-17(26-27(23,24)25)15-20(22)14-13-16-10-8-9-12-18(16)19(20)21/h8-10,12,17,19,21H,2-7,11,13-15H2,1H3,(H,23,24,25). The molecule has 1 heterocycles. The molecule has 0 aliphatic carbocycles. The van der Waals surface area contributed by atoms with Crippen LogP contribution in [0.2, 0.25) is 0 Å². The van der Waals surface area contributed by atoms with Crippen LogP contribution in [0.1, 0.15) is 69.2 Å². The van der Waals surface area contributed by atoms with Crippen LogP contribution in [0.4, 0.5) is 0 Å². The highest BCUT2D eigenvalue weighted by atomic mass is 32.3. The molecule has 0 radical (unpaired) electrons. The molecule has 1 aromatic carbocycles. The summed E-state index contributed by atoms with van der Waals surface area (Å²) in [5, 5.41) is 23.8. The first-order chi connectivity index (χ1) is 12.7. The van der Waals surface area contributed by atoms with Gasteiger partial charge in [-0.3, -0.25) is 4.55 Å². The van der Waals surface area contributed by atoms with Gasteiger partial charge in [0.2, 0.25) is 6.23 Å². The zero-order valence-electron chi connectivity index (χ0n) is 15.9. The van der Waals surface area contributed by atoms with Crippen LogP contribution in [-0.2, 0) is 21.0 Å². The first-order valence-corrected chi connectivity index (χ1v) is 11.1. The summed E-state index contributed by atoms with van der Waals surface area (Å²) in [5.41, 5.74) is 1.50. The van der Waals surface area contributed by atoms with Crippen molar-refractivity contribution in [2.75, 3.05) is 13.1 Å². The van der Waals surface area contributed by atoms with E-state index in [-0.39, 0.29) is 13.1 Å². The van der Waals surface area contributed by atoms with Crippen molar-refractivity contribution in [3.8, 4) is 0 Å². The Kier molecular flexibility index (Phi) is 8.20. The molecule has 1 aliphatic heterocycles. The molecule has 2 rings (SSSR count). The summed E-state index contributed by atoms with van der Waals surface area (Å²) < 4.78 is 35.3. The fourth-order valence-electron chi connectivity index (χ4n) is 3.73. The van der Waals surface area contributed by atoms with Crippen molar-refractivity contribution in [3.05, 3.63) is 40.6 Å². The topological polar surface area (TPSA) is 107 Å². The summed E-state index contributed by atoms with van der Waals surface area (Å²) in [6, 6.07) is 7.22. The zero-order chi connectivity index (χ0) is 19.9. The average Bonchev–Trinajstić information content (AvgIpc) is 2.60. The molecular formula is C19H31NO6S. The van der Waals surface area contributed by atoms with Gasteiger partial charge in [-0.25, -0.2) is 4.18 Å². The Morgan fingerprint density at radius 3 is 2.59 bits per heavy atom. The number of unbranched alkanes of at least 4 members (excludes halogenated alkanes) is 5. The van der Waals surface area contributed by atoms with Crippen LogP contribution in [0.25, 0.3) is 0 Å². The van der Waals surface area contributed by atoms with Gasteiger partial charge in [-0.15, -0.1) is 0 Å². The summed E-state index contributed by atoms with van der Waals surface area (Å²) in [6.45, 7) is 2.06. The van der Waals surface area contributed by atoms with Crippen LogP contribution >= 0.6 is 0 Å². The Hall–Kier alpha value is -1.03. The van der Waals surface area contributed by atoms with Gasteiger partial charge >= 0.3 is 10.4 Å². The molecule has 1 aromatic rings. The number of rotatable bonds is 11. The Bertz CT molecular complexity index is 695. The predicted molar refractivity (Wildman–Crippen MR) is 103 cm³/mol. The van der Waals surface area contributed by atoms with Gasteiger partial charge in [0.1, 0.15) is 12.6 Å². The van der Waals surface area contributed by atoms with Gasteiger partial charge in [-0.2, -0.15) is 8.42 Å². The lowest BCUT2D eigenvalue weighted by Gasteiger charge is -2.50. The molecule has 0 saturated carbocycles. The quantitative estimate of drug-likeness (QED) is 0.254. The first-order valence-electron chi connectivity index (χ1n) is 9.74. The molecule has 0 saturated heterocycles. The number of hydroxylamine groups is 3. The Morgan fingerprint density at radius 1 is 1.22 bits per heavy atom. The van der Waals surface area contributed by atoms with Gasteiger partial charge in [0, 0.05) is 12.0 Å². The summed E-state index contributed by atoms with van der Waals surface area (Å²) in [5.74, 6) is 0. The number of aliphatic hydroxyl groups excluding tert-OH is 1. The van der Waals surface area contributed by atoms with Crippen LogP contribution in [0.5, 0.6) is 0 Å². The third-order valence-electron chi connectivity index (χ3n) is 5.19. The van der Waals surface area contributed by atoms with Crippen molar-refractivity contribution in [3.63, 3.8) is 0 Å². The van der Waals surface area contributed by atoms with Crippen molar-refractivity contribution in [1.82, 2.24) is 0 Å². The smallest absolute Gasteiger partial charge is 0.397 e. The van der Waals surface area contributed by atoms with Crippen LogP contribution in [0.3, 0.4) is 0 Å². The second-order valence-electron chi connectivity index (χ2n) is 7.38. The lowest BCUT2D eigenvalue weighted by Crippen LogP contribution is -2.53. The second kappa shape index (κ2) is 9.95. The molecule has 0 amide bonds. The molecule has 8 heteroatoms. The molecule has 27 heavy (non-hydrogen) atoms. The molecule has 3 atom stereocenters. The number of hydrogen-bond donors (Lipinski definition) is 2. The van der Waals surface area contributed by atoms with Crippen molar-refractivity contribution >= 4 is 10.4 Å². The van der Waals surface area contributed by atoms with Crippen LogP contribution in [0, 0.1) is 5.21 Å². The van der Waals surface area contributed by atoms with Gasteiger partial charge in [-0.05, 0) is 12.0 Å². The van der Waals surface area contributed by atoms with E-state index < -0.39 is 27.4 Å². The SMILES string of the molecule is CCCCCCCCC(C[N+]1([O-])CCc2ccccc2C1O)OS(=O)(=O)O. The maximum atomic E-state index is 13.2. The molecule has 154 valence electrons. The van der Waals surface area contributed by atoms with Crippen LogP contribution in [-0.4, -0.2) is 41.9 Å². The fraction of sp³-hybridized carbons (Fsp3) is 0.684. The Balaban J connectivity index is 2.01. The molecule has 7 nitrogen and oxygen atoms in total. The van der Waals surface area contributed by atoms with Crippen LogP contribution in [0.15, 0.2) is 24.3 Å². The fourth-order valence-corrected chi connectivity index (χ4v) is 4.23. The highest BCUT2D eigenvalue weighted by Gasteiger charge is 2.37. The minimum Gasteiger partial charge on any atom is -0.631 e. The van der Waals surface area contributed by atoms with E-state index in [1.165, 1.54) is 0 Å². The lowest BCUT2D eigenvalue weighted by atomic mass is 9.97. The van der Waals surface area contributed by atoms with Crippen molar-refractivity contribution in [2.24, 2.45) is 0 Å². The molecule has 0 aromatic heterocycles. The van der Waals surface area contributed by atoms with E-state index in [1.807, 2.05) is 12.1 Å². The maximum Gasteiger partial charge on any atom is 0.397 e. The third-order valence-corrected chi connectivity index (χ3v) is 5.70. The van der Waals surface area contributed by atoms with E-state index >= 15 is 0 Å². The van der Waals surface area contributed by atoms with Gasteiger partial charge in [0.15, 0.2) is 0 Å². The summed E-state index contributed by atoms with van der Waals surface area (Å²) in [4.78, 5) is 0. The number of hydrogen-bond acceptors (Lipinski definition) is 5. The van der Waals surface area contributed by atoms with Crippen molar-refractivity contribution in [2.45, 2.75) is 70.6 Å². The van der Waals surface area contributed by atoms with Crippen molar-refractivity contribution < 1.29 is 26.9 Å². The average molecular weight is 402 g/mol. The molecule has 0 spiro atoms. The lowest BCUT2D eigenvalue weighted by molar-refractivity contribution is -0.938. The normalized spacial score (nSPS) is 23.8. The largest absolute Gasteiger partial charge is 0.631 e. The number of fused-ring (bicyclic) bond motifs is 1. The molecule has 3 unspecified atom stereocenters. The summed E-state index contributed by atoms with van der Waals surface area (Å²) >= 11 is 0. The van der Waals surface area contributed by atoms with E-state index in [0.717, 1.165) is 37.7 Å². The second-order valence-corrected chi connectivity index (χ2v) is 8.43. The number of aliphatic hydroxyl groups is 1. The maximum absolute atomic E-state index is 13.2. The van der Waals surface area contributed by atoms with E-state index in [2.05, 4.69) is 6.92 Å². The molecular weight excluding hydrogens is 370 g/mol. The molecule has 1 aliphatic rings. The Morgan fingerprint density at radius 2 is 1.89 bits per heavy atom. The van der Waals surface area contributed by atoms with Gasteiger partial charge in [-0.1, -0.05) is 69.7 Å². The van der Waals surface area contributed by atoms with Gasteiger partial charge in [0.25, 0.3) is 0 Å². The number of quaternary nitrogens is 1. The number of nitrogens with zero attached hydrogens (tertiary/aromatic N) is 1. The molecule has 0 fully saturated rings. The summed E-state index contributed by atoms with van der Waals surface area (Å²) in [6.07, 6.45) is 4.70. The minimum atomic E-state index is -4.66. The van der Waals surface area contributed by atoms with E-state index in [4.69, 9.17) is 8.74 Å². The van der Waals surface area contributed by atoms with E-state index in [0.29, 0.717) is 24.8 Å². The minimum absolute atomic E-state index is 0.139. The van der Waals surface area contributed by atoms with E-state index in [9.17, 15) is 18.7 Å². The van der Waals surface area contributed by atoms with E-state index in [1.54, 1.807) is 12.1 Å². The first kappa shape index (κ1) is 22.3.